The first-order valence-electron chi connectivity index (χ1n) is 8.21. The van der Waals surface area contributed by atoms with E-state index in [4.69, 9.17) is 11.6 Å². The van der Waals surface area contributed by atoms with Crippen LogP contribution in [0.5, 0.6) is 5.88 Å². The number of halogens is 1. The molecule has 0 fully saturated rings. The van der Waals surface area contributed by atoms with Gasteiger partial charge >= 0.3 is 0 Å². The van der Waals surface area contributed by atoms with Crippen LogP contribution in [0.4, 0.5) is 0 Å². The van der Waals surface area contributed by atoms with E-state index >= 15 is 0 Å². The summed E-state index contributed by atoms with van der Waals surface area (Å²) in [5.74, 6) is -0.185. The molecule has 3 rings (SSSR count). The molecule has 5 nitrogen and oxygen atoms in total. The number of aromatic hydroxyl groups is 1. The van der Waals surface area contributed by atoms with E-state index in [2.05, 4.69) is 10.5 Å². The first kappa shape index (κ1) is 18.0. The summed E-state index contributed by atoms with van der Waals surface area (Å²) in [6, 6.07) is 13.9. The van der Waals surface area contributed by atoms with E-state index in [1.54, 1.807) is 42.5 Å². The highest BCUT2D eigenvalue weighted by Crippen LogP contribution is 2.26. The summed E-state index contributed by atoms with van der Waals surface area (Å²) >= 11 is 6.06. The molecule has 6 heteroatoms. The number of pyridine rings is 1. The molecule has 0 radical (unpaired) electrons. The summed E-state index contributed by atoms with van der Waals surface area (Å²) in [5, 5.41) is 16.7. The van der Waals surface area contributed by atoms with E-state index in [0.717, 1.165) is 0 Å². The smallest absolute Gasteiger partial charge is 0.265 e. The lowest BCUT2D eigenvalue weighted by Gasteiger charge is -2.18. The Hall–Kier alpha value is -2.79. The standard InChI is InChI=1S/C20H20ClN3O2/c1-20(2,3)23-22-12-17-15-9-4-5-10-16(15)18(25)24(19(17)26)14-8-6-7-13(21)11-14/h4-12,23,26H,1-3H3/b22-12+. The number of hydrogen-bond acceptors (Lipinski definition) is 4. The molecule has 2 aromatic carbocycles. The molecule has 0 unspecified atom stereocenters. The van der Waals surface area contributed by atoms with Crippen LogP contribution in [-0.4, -0.2) is 21.4 Å². The first-order chi connectivity index (χ1) is 12.3. The molecule has 1 heterocycles. The quantitative estimate of drug-likeness (QED) is 0.540. The van der Waals surface area contributed by atoms with Gasteiger partial charge in [-0.3, -0.25) is 4.79 Å². The molecule has 2 N–H and O–H groups in total. The van der Waals surface area contributed by atoms with Crippen molar-refractivity contribution >= 4 is 28.6 Å². The maximum absolute atomic E-state index is 12.9. The molecule has 0 bridgehead atoms. The van der Waals surface area contributed by atoms with Crippen molar-refractivity contribution in [1.82, 2.24) is 9.99 Å². The van der Waals surface area contributed by atoms with Crippen molar-refractivity contribution in [3.8, 4) is 11.6 Å². The number of hydrogen-bond donors (Lipinski definition) is 2. The van der Waals surface area contributed by atoms with Crippen molar-refractivity contribution in [1.29, 1.82) is 0 Å². The van der Waals surface area contributed by atoms with E-state index in [1.165, 1.54) is 10.8 Å². The average Bonchev–Trinajstić information content (AvgIpc) is 2.57. The third kappa shape index (κ3) is 3.58. The first-order valence-corrected chi connectivity index (χ1v) is 8.58. The number of aromatic nitrogens is 1. The van der Waals surface area contributed by atoms with E-state index in [-0.39, 0.29) is 17.0 Å². The Labute approximate surface area is 156 Å². The van der Waals surface area contributed by atoms with Crippen LogP contribution in [-0.2, 0) is 0 Å². The van der Waals surface area contributed by atoms with E-state index < -0.39 is 0 Å². The van der Waals surface area contributed by atoms with Gasteiger partial charge in [0.25, 0.3) is 5.56 Å². The van der Waals surface area contributed by atoms with Crippen molar-refractivity contribution < 1.29 is 5.11 Å². The van der Waals surface area contributed by atoms with Gasteiger partial charge in [0.1, 0.15) is 0 Å². The fourth-order valence-corrected chi connectivity index (χ4v) is 2.82. The van der Waals surface area contributed by atoms with E-state index in [0.29, 0.717) is 27.0 Å². The Morgan fingerprint density at radius 1 is 1.12 bits per heavy atom. The zero-order valence-corrected chi connectivity index (χ0v) is 15.6. The highest BCUT2D eigenvalue weighted by Gasteiger charge is 2.16. The van der Waals surface area contributed by atoms with Gasteiger partial charge in [0.2, 0.25) is 5.88 Å². The van der Waals surface area contributed by atoms with Gasteiger partial charge in [-0.2, -0.15) is 5.10 Å². The number of nitrogens with zero attached hydrogens (tertiary/aromatic N) is 2. The number of benzene rings is 2. The highest BCUT2D eigenvalue weighted by molar-refractivity contribution is 6.30. The maximum atomic E-state index is 12.9. The minimum Gasteiger partial charge on any atom is -0.494 e. The zero-order chi connectivity index (χ0) is 18.9. The summed E-state index contributed by atoms with van der Waals surface area (Å²) in [5.41, 5.74) is 3.40. The molecule has 134 valence electrons. The van der Waals surface area contributed by atoms with Crippen molar-refractivity contribution in [3.63, 3.8) is 0 Å². The van der Waals surface area contributed by atoms with Crippen LogP contribution in [0.15, 0.2) is 58.4 Å². The SMILES string of the molecule is CC(C)(C)N/N=C/c1c(O)n(-c2cccc(Cl)c2)c(=O)c2ccccc12. The van der Waals surface area contributed by atoms with Crippen molar-refractivity contribution in [2.45, 2.75) is 26.3 Å². The zero-order valence-electron chi connectivity index (χ0n) is 14.8. The fraction of sp³-hybridized carbons (Fsp3) is 0.200. The van der Waals surface area contributed by atoms with E-state index in [9.17, 15) is 9.90 Å². The van der Waals surface area contributed by atoms with Gasteiger partial charge in [-0.05, 0) is 45.0 Å². The molecule has 0 aliphatic heterocycles. The number of nitrogens with one attached hydrogen (secondary N) is 1. The third-order valence-corrected chi connectivity index (χ3v) is 4.00. The Morgan fingerprint density at radius 2 is 1.81 bits per heavy atom. The van der Waals surface area contributed by atoms with Crippen LogP contribution in [0.3, 0.4) is 0 Å². The Kier molecular flexibility index (Phi) is 4.74. The number of hydrazone groups is 1. The van der Waals surface area contributed by atoms with Gasteiger partial charge in [0, 0.05) is 21.3 Å². The second-order valence-corrected chi connectivity index (χ2v) is 7.46. The normalized spacial score (nSPS) is 12.0. The molecular formula is C20H20ClN3O2. The van der Waals surface area contributed by atoms with Crippen molar-refractivity contribution in [2.24, 2.45) is 5.10 Å². The molecule has 26 heavy (non-hydrogen) atoms. The summed E-state index contributed by atoms with van der Waals surface area (Å²) in [4.78, 5) is 12.9. The molecular weight excluding hydrogens is 350 g/mol. The van der Waals surface area contributed by atoms with Gasteiger partial charge in [0.15, 0.2) is 0 Å². The summed E-state index contributed by atoms with van der Waals surface area (Å²) in [6.45, 7) is 5.94. The minimum absolute atomic E-state index is 0.185. The van der Waals surface area contributed by atoms with Crippen molar-refractivity contribution in [2.75, 3.05) is 0 Å². The van der Waals surface area contributed by atoms with Crippen LogP contribution < -0.4 is 11.0 Å². The number of rotatable bonds is 3. The largest absolute Gasteiger partial charge is 0.494 e. The molecule has 0 atom stereocenters. The van der Waals surface area contributed by atoms with Crippen LogP contribution in [0.2, 0.25) is 5.02 Å². The Bertz CT molecular complexity index is 1050. The monoisotopic (exact) mass is 369 g/mol. The number of fused-ring (bicyclic) bond motifs is 1. The second-order valence-electron chi connectivity index (χ2n) is 7.02. The third-order valence-electron chi connectivity index (χ3n) is 3.76. The fourth-order valence-electron chi connectivity index (χ4n) is 2.63. The van der Waals surface area contributed by atoms with Gasteiger partial charge in [-0.15, -0.1) is 0 Å². The van der Waals surface area contributed by atoms with E-state index in [1.807, 2.05) is 26.8 Å². The topological polar surface area (TPSA) is 66.6 Å². The molecule has 0 aliphatic rings. The van der Waals surface area contributed by atoms with Gasteiger partial charge in [-0.25, -0.2) is 4.57 Å². The van der Waals surface area contributed by atoms with Gasteiger partial charge < -0.3 is 10.5 Å². The molecule has 1 aromatic heterocycles. The highest BCUT2D eigenvalue weighted by atomic mass is 35.5. The van der Waals surface area contributed by atoms with Crippen LogP contribution in [0.1, 0.15) is 26.3 Å². The maximum Gasteiger partial charge on any atom is 0.265 e. The average molecular weight is 370 g/mol. The minimum atomic E-state index is -0.318. The van der Waals surface area contributed by atoms with Crippen LogP contribution in [0.25, 0.3) is 16.5 Å². The lowest BCUT2D eigenvalue weighted by atomic mass is 10.1. The lowest BCUT2D eigenvalue weighted by molar-refractivity contribution is 0.433. The van der Waals surface area contributed by atoms with Crippen LogP contribution >= 0.6 is 11.6 Å². The second kappa shape index (κ2) is 6.84. The molecule has 0 spiro atoms. The Balaban J connectivity index is 2.28. The Morgan fingerprint density at radius 3 is 2.46 bits per heavy atom. The predicted octanol–water partition coefficient (Wildman–Crippen LogP) is 4.07. The van der Waals surface area contributed by atoms with Gasteiger partial charge in [0.05, 0.1) is 17.5 Å². The van der Waals surface area contributed by atoms with Crippen molar-refractivity contribution in [3.05, 3.63) is 69.5 Å². The molecule has 3 aromatic rings. The lowest BCUT2D eigenvalue weighted by Crippen LogP contribution is -2.31. The summed E-state index contributed by atoms with van der Waals surface area (Å²) < 4.78 is 1.24. The molecule has 0 saturated heterocycles. The van der Waals surface area contributed by atoms with Crippen LogP contribution in [0, 0.1) is 0 Å². The molecule has 0 saturated carbocycles. The summed E-state index contributed by atoms with van der Waals surface area (Å²) in [7, 11) is 0. The molecule has 0 amide bonds. The van der Waals surface area contributed by atoms with Gasteiger partial charge in [-0.1, -0.05) is 35.9 Å². The predicted molar refractivity (Wildman–Crippen MR) is 107 cm³/mol. The molecule has 0 aliphatic carbocycles. The summed E-state index contributed by atoms with van der Waals surface area (Å²) in [6.07, 6.45) is 1.53.